The number of carbonyl (C=O) groups is 1. The van der Waals surface area contributed by atoms with Crippen molar-refractivity contribution >= 4 is 57.8 Å². The summed E-state index contributed by atoms with van der Waals surface area (Å²) in [6, 6.07) is 10.8. The molecule has 10 heteroatoms. The number of halogens is 2. The highest BCUT2D eigenvalue weighted by Crippen LogP contribution is 2.27. The largest absolute Gasteiger partial charge is 0.482 e. The van der Waals surface area contributed by atoms with Crippen LogP contribution in [0.1, 0.15) is 0 Å². The third kappa shape index (κ3) is 5.56. The molecular formula is C15H11Cl2N3O4S. The van der Waals surface area contributed by atoms with Crippen molar-refractivity contribution in [2.75, 3.05) is 11.9 Å². The maximum absolute atomic E-state index is 11.8. The zero-order valence-electron chi connectivity index (χ0n) is 12.5. The van der Waals surface area contributed by atoms with Crippen molar-refractivity contribution in [2.45, 2.75) is 0 Å². The molecule has 7 nitrogen and oxygen atoms in total. The lowest BCUT2D eigenvalue weighted by atomic mass is 10.3. The molecule has 0 atom stereocenters. The minimum Gasteiger partial charge on any atom is -0.482 e. The van der Waals surface area contributed by atoms with E-state index in [4.69, 9.17) is 40.2 Å². The van der Waals surface area contributed by atoms with E-state index in [1.165, 1.54) is 18.2 Å². The molecule has 0 bridgehead atoms. The zero-order chi connectivity index (χ0) is 18.4. The first-order valence-corrected chi connectivity index (χ1v) is 7.95. The van der Waals surface area contributed by atoms with Gasteiger partial charge in [-0.2, -0.15) is 0 Å². The first kappa shape index (κ1) is 18.9. The van der Waals surface area contributed by atoms with Crippen molar-refractivity contribution in [3.05, 3.63) is 62.6 Å². The average molecular weight is 400 g/mol. The van der Waals surface area contributed by atoms with Crippen LogP contribution in [0.2, 0.25) is 10.0 Å². The Bertz CT molecular complexity index is 832. The van der Waals surface area contributed by atoms with Gasteiger partial charge in [-0.05, 0) is 36.5 Å². The predicted octanol–water partition coefficient (Wildman–Crippen LogP) is 3.79. The summed E-state index contributed by atoms with van der Waals surface area (Å²) in [5.41, 5.74) is 0.0382. The Morgan fingerprint density at radius 1 is 1.20 bits per heavy atom. The van der Waals surface area contributed by atoms with Gasteiger partial charge in [-0.25, -0.2) is 0 Å². The normalized spacial score (nSPS) is 10.0. The molecule has 0 heterocycles. The van der Waals surface area contributed by atoms with Gasteiger partial charge in [0.15, 0.2) is 11.7 Å². The molecule has 2 N–H and O–H groups in total. The third-order valence-electron chi connectivity index (χ3n) is 2.85. The van der Waals surface area contributed by atoms with Gasteiger partial charge in [0.2, 0.25) is 0 Å². The van der Waals surface area contributed by atoms with E-state index in [9.17, 15) is 14.9 Å². The van der Waals surface area contributed by atoms with E-state index in [-0.39, 0.29) is 22.4 Å². The van der Waals surface area contributed by atoms with Crippen molar-refractivity contribution in [3.8, 4) is 5.75 Å². The Hall–Kier alpha value is -2.42. The van der Waals surface area contributed by atoms with Gasteiger partial charge in [-0.1, -0.05) is 35.3 Å². The summed E-state index contributed by atoms with van der Waals surface area (Å²) >= 11 is 16.6. The van der Waals surface area contributed by atoms with Gasteiger partial charge in [-0.3, -0.25) is 20.2 Å². The van der Waals surface area contributed by atoms with Crippen LogP contribution >= 0.6 is 35.4 Å². The molecule has 0 saturated carbocycles. The van der Waals surface area contributed by atoms with Crippen molar-refractivity contribution in [2.24, 2.45) is 0 Å². The molecule has 0 radical (unpaired) electrons. The molecule has 130 valence electrons. The zero-order valence-corrected chi connectivity index (χ0v) is 14.8. The van der Waals surface area contributed by atoms with Crippen molar-refractivity contribution in [3.63, 3.8) is 0 Å². The van der Waals surface area contributed by atoms with E-state index in [0.717, 1.165) is 0 Å². The molecule has 2 aromatic rings. The number of nitrogens with one attached hydrogen (secondary N) is 2. The number of hydrogen-bond donors (Lipinski definition) is 2. The predicted molar refractivity (Wildman–Crippen MR) is 99.4 cm³/mol. The molecule has 2 rings (SSSR count). The number of carbonyl (C=O) groups excluding carboxylic acids is 1. The molecule has 2 aromatic carbocycles. The van der Waals surface area contributed by atoms with Crippen LogP contribution in [-0.2, 0) is 4.79 Å². The first-order chi connectivity index (χ1) is 11.9. The summed E-state index contributed by atoms with van der Waals surface area (Å²) in [6.45, 7) is -0.299. The van der Waals surface area contributed by atoms with Crippen LogP contribution in [0.3, 0.4) is 0 Å². The molecule has 0 aromatic heterocycles. The van der Waals surface area contributed by atoms with Crippen LogP contribution in [-0.4, -0.2) is 22.5 Å². The lowest BCUT2D eigenvalue weighted by Crippen LogP contribution is -2.37. The minimum atomic E-state index is -0.618. The van der Waals surface area contributed by atoms with Crippen LogP contribution in [0, 0.1) is 10.1 Å². The Morgan fingerprint density at radius 3 is 2.60 bits per heavy atom. The summed E-state index contributed by atoms with van der Waals surface area (Å²) in [5, 5.41) is 16.2. The topological polar surface area (TPSA) is 93.5 Å². The maximum Gasteiger partial charge on any atom is 0.289 e. The second-order valence-electron chi connectivity index (χ2n) is 4.64. The summed E-state index contributed by atoms with van der Waals surface area (Å²) in [4.78, 5) is 22.1. The highest BCUT2D eigenvalue weighted by atomic mass is 35.5. The second-order valence-corrected chi connectivity index (χ2v) is 5.87. The molecule has 25 heavy (non-hydrogen) atoms. The Kier molecular flexibility index (Phi) is 6.51. The number of anilines is 1. The van der Waals surface area contributed by atoms with Gasteiger partial charge in [0.05, 0.1) is 9.95 Å². The maximum atomic E-state index is 11.8. The van der Waals surface area contributed by atoms with E-state index in [2.05, 4.69) is 10.6 Å². The molecule has 0 aliphatic heterocycles. The van der Waals surface area contributed by atoms with Crippen molar-refractivity contribution in [1.82, 2.24) is 5.32 Å². The highest BCUT2D eigenvalue weighted by Gasteiger charge is 2.14. The summed E-state index contributed by atoms with van der Waals surface area (Å²) in [6.07, 6.45) is 0. The van der Waals surface area contributed by atoms with Gasteiger partial charge in [0.25, 0.3) is 11.6 Å². The molecular weight excluding hydrogens is 389 g/mol. The van der Waals surface area contributed by atoms with E-state index in [1.54, 1.807) is 24.3 Å². The summed E-state index contributed by atoms with van der Waals surface area (Å²) in [7, 11) is 0. The fourth-order valence-corrected chi connectivity index (χ4v) is 2.37. The third-order valence-corrected chi connectivity index (χ3v) is 3.69. The van der Waals surface area contributed by atoms with Gasteiger partial charge in [-0.15, -0.1) is 0 Å². The Morgan fingerprint density at radius 2 is 1.92 bits per heavy atom. The lowest BCUT2D eigenvalue weighted by Gasteiger charge is -2.11. The number of benzene rings is 2. The van der Waals surface area contributed by atoms with E-state index < -0.39 is 10.8 Å². The quantitative estimate of drug-likeness (QED) is 0.451. The fourth-order valence-electron chi connectivity index (χ4n) is 1.76. The number of thiocarbonyl (C=S) groups is 1. The van der Waals surface area contributed by atoms with Crippen LogP contribution in [0.5, 0.6) is 5.75 Å². The molecule has 0 aliphatic rings. The number of nitrogens with zero attached hydrogens (tertiary/aromatic N) is 1. The second kappa shape index (κ2) is 8.61. The molecule has 0 aliphatic carbocycles. The number of ether oxygens (including phenoxy) is 1. The number of hydrogen-bond acceptors (Lipinski definition) is 5. The number of nitro benzene ring substituents is 1. The van der Waals surface area contributed by atoms with Gasteiger partial charge in [0.1, 0.15) is 10.8 Å². The Labute approximate surface area is 158 Å². The standard InChI is InChI=1S/C15H11Cl2N3O4S/c16-10-6-5-9(7-12(10)20(22)23)18-15(25)19-14(21)8-24-13-4-2-1-3-11(13)17/h1-7H,8H2,(H2,18,19,21,25). The molecule has 0 saturated heterocycles. The number of amides is 1. The smallest absolute Gasteiger partial charge is 0.289 e. The van der Waals surface area contributed by atoms with Gasteiger partial charge < -0.3 is 10.1 Å². The fraction of sp³-hybridized carbons (Fsp3) is 0.0667. The molecule has 0 unspecified atom stereocenters. The van der Waals surface area contributed by atoms with Crippen LogP contribution < -0.4 is 15.4 Å². The van der Waals surface area contributed by atoms with E-state index in [0.29, 0.717) is 16.5 Å². The highest BCUT2D eigenvalue weighted by molar-refractivity contribution is 7.80. The number of nitro groups is 1. The SMILES string of the molecule is O=C(COc1ccccc1Cl)NC(=S)Nc1ccc(Cl)c([N+](=O)[O-])c1. The average Bonchev–Trinajstić information content (AvgIpc) is 2.55. The van der Waals surface area contributed by atoms with Crippen LogP contribution in [0.4, 0.5) is 11.4 Å². The van der Waals surface area contributed by atoms with Crippen molar-refractivity contribution in [1.29, 1.82) is 0 Å². The minimum absolute atomic E-state index is 0.00126. The van der Waals surface area contributed by atoms with Crippen LogP contribution in [0.15, 0.2) is 42.5 Å². The lowest BCUT2D eigenvalue weighted by molar-refractivity contribution is -0.384. The van der Waals surface area contributed by atoms with Crippen molar-refractivity contribution < 1.29 is 14.5 Å². The van der Waals surface area contributed by atoms with E-state index >= 15 is 0 Å². The number of para-hydroxylation sites is 1. The molecule has 1 amide bonds. The van der Waals surface area contributed by atoms with Gasteiger partial charge >= 0.3 is 0 Å². The van der Waals surface area contributed by atoms with Gasteiger partial charge in [0, 0.05) is 11.8 Å². The summed E-state index contributed by atoms with van der Waals surface area (Å²) in [5.74, 6) is -0.146. The monoisotopic (exact) mass is 399 g/mol. The molecule has 0 spiro atoms. The van der Waals surface area contributed by atoms with E-state index in [1.807, 2.05) is 0 Å². The summed E-state index contributed by atoms with van der Waals surface area (Å²) < 4.78 is 5.28. The number of rotatable bonds is 5. The Balaban J connectivity index is 1.89. The first-order valence-electron chi connectivity index (χ1n) is 6.79. The molecule has 0 fully saturated rings. The van der Waals surface area contributed by atoms with Crippen LogP contribution in [0.25, 0.3) is 0 Å².